The number of para-hydroxylation sites is 1. The highest BCUT2D eigenvalue weighted by Crippen LogP contribution is 2.31. The second-order valence-corrected chi connectivity index (χ2v) is 5.69. The van der Waals surface area contributed by atoms with Crippen molar-refractivity contribution in [3.05, 3.63) is 53.4 Å². The van der Waals surface area contributed by atoms with E-state index >= 15 is 0 Å². The van der Waals surface area contributed by atoms with Crippen LogP contribution >= 0.6 is 0 Å². The molecule has 1 aromatic heterocycles. The van der Waals surface area contributed by atoms with Gasteiger partial charge in [-0.2, -0.15) is 4.98 Å². The normalized spacial score (nSPS) is 10.5. The SMILES string of the molecule is COc1ccc(-c2noc(COC(=O)c3cccc(C)c3N)n2)cc1OC. The molecule has 0 aliphatic rings. The quantitative estimate of drug-likeness (QED) is 0.521. The molecule has 0 saturated carbocycles. The summed E-state index contributed by atoms with van der Waals surface area (Å²) in [4.78, 5) is 16.4. The standard InChI is InChI=1S/C19H19N3O5/c1-11-5-4-6-13(17(11)20)19(23)26-10-16-21-18(22-27-16)12-7-8-14(24-2)15(9-12)25-3/h4-9H,10,20H2,1-3H3. The Bertz CT molecular complexity index is 968. The van der Waals surface area contributed by atoms with Crippen molar-refractivity contribution in [2.75, 3.05) is 20.0 Å². The fraction of sp³-hybridized carbons (Fsp3) is 0.211. The van der Waals surface area contributed by atoms with Crippen molar-refractivity contribution in [3.63, 3.8) is 0 Å². The Morgan fingerprint density at radius 1 is 1.15 bits per heavy atom. The van der Waals surface area contributed by atoms with E-state index in [0.29, 0.717) is 34.1 Å². The Hall–Kier alpha value is -3.55. The Balaban J connectivity index is 1.71. The minimum absolute atomic E-state index is 0.160. The van der Waals surface area contributed by atoms with Crippen molar-refractivity contribution >= 4 is 11.7 Å². The molecule has 0 radical (unpaired) electrons. The van der Waals surface area contributed by atoms with Crippen LogP contribution < -0.4 is 15.2 Å². The zero-order chi connectivity index (χ0) is 19.4. The number of nitrogens with two attached hydrogens (primary N) is 1. The van der Waals surface area contributed by atoms with Gasteiger partial charge in [0.05, 0.1) is 19.8 Å². The summed E-state index contributed by atoms with van der Waals surface area (Å²) in [6.45, 7) is 1.66. The first-order valence-electron chi connectivity index (χ1n) is 8.10. The molecule has 0 aliphatic carbocycles. The molecule has 0 saturated heterocycles. The van der Waals surface area contributed by atoms with Gasteiger partial charge in [0.25, 0.3) is 5.89 Å². The summed E-state index contributed by atoms with van der Waals surface area (Å²) in [6.07, 6.45) is 0. The number of benzene rings is 2. The molecule has 1 heterocycles. The maximum absolute atomic E-state index is 12.2. The fourth-order valence-corrected chi connectivity index (χ4v) is 2.47. The van der Waals surface area contributed by atoms with E-state index in [2.05, 4.69) is 10.1 Å². The highest BCUT2D eigenvalue weighted by molar-refractivity contribution is 5.95. The average molecular weight is 369 g/mol. The van der Waals surface area contributed by atoms with Gasteiger partial charge in [-0.15, -0.1) is 0 Å². The third-order valence-electron chi connectivity index (χ3n) is 3.98. The van der Waals surface area contributed by atoms with Gasteiger partial charge in [0, 0.05) is 11.3 Å². The van der Waals surface area contributed by atoms with Crippen LogP contribution in [0.2, 0.25) is 0 Å². The molecule has 0 fully saturated rings. The third-order valence-corrected chi connectivity index (χ3v) is 3.98. The van der Waals surface area contributed by atoms with E-state index in [9.17, 15) is 4.79 Å². The summed E-state index contributed by atoms with van der Waals surface area (Å²) >= 11 is 0. The molecule has 27 heavy (non-hydrogen) atoms. The molecule has 3 rings (SSSR count). The lowest BCUT2D eigenvalue weighted by Gasteiger charge is -2.07. The molecule has 8 nitrogen and oxygen atoms in total. The van der Waals surface area contributed by atoms with Gasteiger partial charge >= 0.3 is 5.97 Å². The summed E-state index contributed by atoms with van der Waals surface area (Å²) in [7, 11) is 3.10. The number of nitrogen functional groups attached to an aromatic ring is 1. The first-order valence-corrected chi connectivity index (χ1v) is 8.10. The Morgan fingerprint density at radius 3 is 2.67 bits per heavy atom. The second kappa shape index (κ2) is 7.77. The summed E-state index contributed by atoms with van der Waals surface area (Å²) in [5, 5.41) is 3.90. The monoisotopic (exact) mass is 369 g/mol. The van der Waals surface area contributed by atoms with Crippen LogP contribution in [0.25, 0.3) is 11.4 Å². The number of hydrogen-bond donors (Lipinski definition) is 1. The number of rotatable bonds is 6. The summed E-state index contributed by atoms with van der Waals surface area (Å²) in [5.74, 6) is 1.09. The van der Waals surface area contributed by atoms with Gasteiger partial charge in [-0.1, -0.05) is 17.3 Å². The van der Waals surface area contributed by atoms with Crippen molar-refractivity contribution < 1.29 is 23.5 Å². The van der Waals surface area contributed by atoms with Crippen LogP contribution in [0.1, 0.15) is 21.8 Å². The lowest BCUT2D eigenvalue weighted by molar-refractivity contribution is 0.0431. The second-order valence-electron chi connectivity index (χ2n) is 5.69. The molecule has 8 heteroatoms. The van der Waals surface area contributed by atoms with Gasteiger partial charge in [-0.25, -0.2) is 4.79 Å². The predicted molar refractivity (Wildman–Crippen MR) is 97.5 cm³/mol. The number of aromatic nitrogens is 2. The van der Waals surface area contributed by atoms with Crippen molar-refractivity contribution in [2.24, 2.45) is 0 Å². The minimum atomic E-state index is -0.554. The lowest BCUT2D eigenvalue weighted by Crippen LogP contribution is -2.09. The number of ether oxygens (including phenoxy) is 3. The first-order chi connectivity index (χ1) is 13.0. The molecule has 0 spiro atoms. The Morgan fingerprint density at radius 2 is 1.93 bits per heavy atom. The minimum Gasteiger partial charge on any atom is -0.493 e. The Kier molecular flexibility index (Phi) is 5.25. The van der Waals surface area contributed by atoms with Crippen LogP contribution in [0.5, 0.6) is 11.5 Å². The smallest absolute Gasteiger partial charge is 0.340 e. The molecule has 0 unspecified atom stereocenters. The molecule has 2 aromatic carbocycles. The fourth-order valence-electron chi connectivity index (χ4n) is 2.47. The number of hydrogen-bond acceptors (Lipinski definition) is 8. The number of nitrogens with zero attached hydrogens (tertiary/aromatic N) is 2. The van der Waals surface area contributed by atoms with Crippen molar-refractivity contribution in [2.45, 2.75) is 13.5 Å². The number of methoxy groups -OCH3 is 2. The van der Waals surface area contributed by atoms with E-state index in [0.717, 1.165) is 5.56 Å². The van der Waals surface area contributed by atoms with Crippen LogP contribution in [-0.2, 0) is 11.3 Å². The van der Waals surface area contributed by atoms with Crippen molar-refractivity contribution in [1.82, 2.24) is 10.1 Å². The third kappa shape index (κ3) is 3.84. The summed E-state index contributed by atoms with van der Waals surface area (Å²) < 4.78 is 20.8. The van der Waals surface area contributed by atoms with E-state index in [4.69, 9.17) is 24.5 Å². The highest BCUT2D eigenvalue weighted by Gasteiger charge is 2.16. The number of carbonyl (C=O) groups is 1. The molecular formula is C19H19N3O5. The van der Waals surface area contributed by atoms with Crippen LogP contribution in [0.3, 0.4) is 0 Å². The topological polar surface area (TPSA) is 110 Å². The number of anilines is 1. The molecule has 0 amide bonds. The lowest BCUT2D eigenvalue weighted by atomic mass is 10.1. The number of esters is 1. The molecule has 2 N–H and O–H groups in total. The van der Waals surface area contributed by atoms with Crippen LogP contribution in [0, 0.1) is 6.92 Å². The van der Waals surface area contributed by atoms with Crippen molar-refractivity contribution in [1.29, 1.82) is 0 Å². The molecular weight excluding hydrogens is 350 g/mol. The Labute approximate surface area is 155 Å². The maximum atomic E-state index is 12.2. The van der Waals surface area contributed by atoms with Gasteiger partial charge in [0.15, 0.2) is 18.1 Å². The van der Waals surface area contributed by atoms with E-state index in [1.165, 1.54) is 0 Å². The molecule has 0 aliphatic heterocycles. The van der Waals surface area contributed by atoms with Crippen molar-refractivity contribution in [3.8, 4) is 22.9 Å². The first kappa shape index (κ1) is 18.2. The average Bonchev–Trinajstić information content (AvgIpc) is 3.16. The molecule has 140 valence electrons. The number of carbonyl (C=O) groups excluding carboxylic acids is 1. The van der Waals surface area contributed by atoms with E-state index in [-0.39, 0.29) is 12.5 Å². The van der Waals surface area contributed by atoms with Gasteiger partial charge in [-0.3, -0.25) is 0 Å². The predicted octanol–water partition coefficient (Wildman–Crippen LogP) is 3.00. The van der Waals surface area contributed by atoms with Gasteiger partial charge in [0.2, 0.25) is 5.82 Å². The van der Waals surface area contributed by atoms with E-state index in [1.54, 1.807) is 44.6 Å². The largest absolute Gasteiger partial charge is 0.493 e. The highest BCUT2D eigenvalue weighted by atomic mass is 16.6. The van der Waals surface area contributed by atoms with Gasteiger partial charge in [-0.05, 0) is 36.8 Å². The zero-order valence-corrected chi connectivity index (χ0v) is 15.2. The molecule has 3 aromatic rings. The van der Waals surface area contributed by atoms with E-state index < -0.39 is 5.97 Å². The van der Waals surface area contributed by atoms with Crippen LogP contribution in [-0.4, -0.2) is 30.3 Å². The molecule has 0 bridgehead atoms. The van der Waals surface area contributed by atoms with E-state index in [1.807, 2.05) is 13.0 Å². The number of aryl methyl sites for hydroxylation is 1. The zero-order valence-electron chi connectivity index (χ0n) is 15.2. The van der Waals surface area contributed by atoms with Gasteiger partial charge < -0.3 is 24.5 Å². The van der Waals surface area contributed by atoms with Crippen LogP contribution in [0.15, 0.2) is 40.9 Å². The van der Waals surface area contributed by atoms with Crippen LogP contribution in [0.4, 0.5) is 5.69 Å². The van der Waals surface area contributed by atoms with Gasteiger partial charge in [0.1, 0.15) is 0 Å². The summed E-state index contributed by atoms with van der Waals surface area (Å²) in [5.41, 5.74) is 8.08. The maximum Gasteiger partial charge on any atom is 0.340 e. The molecule has 0 atom stereocenters. The summed E-state index contributed by atoms with van der Waals surface area (Å²) in [6, 6.07) is 10.4.